The zero-order valence-electron chi connectivity index (χ0n) is 4.52. The Morgan fingerprint density at radius 1 is 1.09 bits per heavy atom. The van der Waals surface area contributed by atoms with Gasteiger partial charge in [0.15, 0.2) is 0 Å². The summed E-state index contributed by atoms with van der Waals surface area (Å²) in [6, 6.07) is 0. The van der Waals surface area contributed by atoms with Gasteiger partial charge in [-0.1, -0.05) is 0 Å². The molecule has 0 saturated carbocycles. The van der Waals surface area contributed by atoms with Crippen molar-refractivity contribution in [2.45, 2.75) is 11.4 Å². The number of alkyl halides is 5. The molecular weight excluding hydrogens is 199 g/mol. The first kappa shape index (κ1) is 10.9. The fourth-order valence-corrected chi connectivity index (χ4v) is 0.312. The summed E-state index contributed by atoms with van der Waals surface area (Å²) >= 11 is -1.41. The first-order valence-electron chi connectivity index (χ1n) is 1.90. The van der Waals surface area contributed by atoms with Gasteiger partial charge in [-0.25, -0.2) is 0 Å². The van der Waals surface area contributed by atoms with Crippen LogP contribution in [0.2, 0.25) is 0 Å². The van der Waals surface area contributed by atoms with Crippen LogP contribution in [-0.2, 0) is 9.37 Å². The number of halogens is 5. The Morgan fingerprint density at radius 2 is 1.55 bits per heavy atom. The molecule has 0 saturated heterocycles. The van der Waals surface area contributed by atoms with Crippen molar-refractivity contribution in [1.29, 1.82) is 0 Å². The van der Waals surface area contributed by atoms with Crippen molar-refractivity contribution in [2.24, 2.45) is 0 Å². The molecule has 3 nitrogen and oxygen atoms in total. The van der Waals surface area contributed by atoms with Crippen LogP contribution in [0.25, 0.3) is 0 Å². The molecule has 0 heterocycles. The van der Waals surface area contributed by atoms with Gasteiger partial charge in [0.05, 0.1) is 0 Å². The molecule has 0 bridgehead atoms. The molecule has 11 heavy (non-hydrogen) atoms. The Hall–Kier alpha value is -0.120. The van der Waals surface area contributed by atoms with Crippen molar-refractivity contribution in [3.63, 3.8) is 0 Å². The summed E-state index contributed by atoms with van der Waals surface area (Å²) in [6.45, 7) is 0. The van der Waals surface area contributed by atoms with Crippen molar-refractivity contribution in [3.8, 4) is 0 Å². The van der Waals surface area contributed by atoms with Gasteiger partial charge in [0.2, 0.25) is 0 Å². The molecule has 0 spiro atoms. The lowest BCUT2D eigenvalue weighted by atomic mass is 10.7. The van der Waals surface area contributed by atoms with E-state index in [0.717, 1.165) is 0 Å². The molecular formula is C2F5O3S-. The van der Waals surface area contributed by atoms with Crippen molar-refractivity contribution >= 4 is 12.0 Å². The van der Waals surface area contributed by atoms with Gasteiger partial charge >= 0.3 is 11.4 Å². The third kappa shape index (κ3) is 3.18. The van der Waals surface area contributed by atoms with Gasteiger partial charge in [0, 0.05) is 0 Å². The second kappa shape index (κ2) is 3.52. The Bertz CT molecular complexity index is 123. The van der Waals surface area contributed by atoms with Crippen molar-refractivity contribution in [1.82, 2.24) is 0 Å². The lowest BCUT2D eigenvalue weighted by Gasteiger charge is -2.17. The Labute approximate surface area is 61.1 Å². The van der Waals surface area contributed by atoms with Crippen molar-refractivity contribution in [2.75, 3.05) is 0 Å². The SMILES string of the molecule is [O-]OOSC(F)(F)C(F)(F)F. The molecule has 0 aromatic carbocycles. The third-order valence-corrected chi connectivity index (χ3v) is 1.06. The molecule has 0 N–H and O–H groups in total. The van der Waals surface area contributed by atoms with E-state index >= 15 is 0 Å². The first-order chi connectivity index (χ1) is 4.81. The Morgan fingerprint density at radius 3 is 1.82 bits per heavy atom. The Kier molecular flexibility index (Phi) is 3.48. The average Bonchev–Trinajstić information content (AvgIpc) is 1.81. The van der Waals surface area contributed by atoms with Crippen LogP contribution in [0.3, 0.4) is 0 Å². The Balaban J connectivity index is 4.00. The molecule has 0 aliphatic heterocycles. The molecule has 0 rings (SSSR count). The summed E-state index contributed by atoms with van der Waals surface area (Å²) in [5.41, 5.74) is 0. The highest BCUT2D eigenvalue weighted by Gasteiger charge is 2.59. The minimum atomic E-state index is -5.77. The van der Waals surface area contributed by atoms with Gasteiger partial charge < -0.3 is 5.26 Å². The fraction of sp³-hybridized carbons (Fsp3) is 1.00. The van der Waals surface area contributed by atoms with E-state index in [1.807, 2.05) is 0 Å². The van der Waals surface area contributed by atoms with E-state index in [4.69, 9.17) is 5.26 Å². The van der Waals surface area contributed by atoms with E-state index in [-0.39, 0.29) is 0 Å². The van der Waals surface area contributed by atoms with E-state index in [9.17, 15) is 22.0 Å². The maximum atomic E-state index is 11.6. The zero-order chi connectivity index (χ0) is 9.12. The molecule has 0 aromatic rings. The quantitative estimate of drug-likeness (QED) is 0.294. The third-order valence-electron chi connectivity index (χ3n) is 0.496. The largest absolute Gasteiger partial charge is 0.691 e. The van der Waals surface area contributed by atoms with Crippen LogP contribution in [-0.4, -0.2) is 11.4 Å². The number of hydrogen-bond donors (Lipinski definition) is 0. The molecule has 0 radical (unpaired) electrons. The van der Waals surface area contributed by atoms with Crippen LogP contribution >= 0.6 is 12.0 Å². The maximum Gasteiger partial charge on any atom is 0.466 e. The molecule has 0 aliphatic rings. The average molecular weight is 199 g/mol. The monoisotopic (exact) mass is 199 g/mol. The van der Waals surface area contributed by atoms with Crippen molar-refractivity contribution in [3.05, 3.63) is 0 Å². The molecule has 0 fully saturated rings. The predicted octanol–water partition coefficient (Wildman–Crippen LogP) is 1.01. The number of rotatable bonds is 3. The van der Waals surface area contributed by atoms with Crippen LogP contribution in [0.1, 0.15) is 0 Å². The summed E-state index contributed by atoms with van der Waals surface area (Å²) in [5, 5.41) is 6.02. The van der Waals surface area contributed by atoms with Gasteiger partial charge in [-0.3, -0.25) is 5.04 Å². The topological polar surface area (TPSA) is 41.5 Å². The fourth-order valence-electron chi connectivity index (χ4n) is 0.104. The first-order valence-corrected chi connectivity index (χ1v) is 2.64. The van der Waals surface area contributed by atoms with Gasteiger partial charge in [0.1, 0.15) is 12.0 Å². The molecule has 0 atom stereocenters. The summed E-state index contributed by atoms with van der Waals surface area (Å²) in [7, 11) is 0. The van der Waals surface area contributed by atoms with Gasteiger partial charge in [-0.2, -0.15) is 26.3 Å². The highest BCUT2D eigenvalue weighted by Crippen LogP contribution is 2.44. The smallest absolute Gasteiger partial charge is 0.466 e. The summed E-state index contributed by atoms with van der Waals surface area (Å²) in [6.07, 6.45) is -5.77. The van der Waals surface area contributed by atoms with Gasteiger partial charge in [0.25, 0.3) is 0 Å². The van der Waals surface area contributed by atoms with Crippen molar-refractivity contribution < 1.29 is 36.6 Å². The molecule has 0 aliphatic carbocycles. The molecule has 0 unspecified atom stereocenters. The molecule has 0 amide bonds. The highest BCUT2D eigenvalue weighted by atomic mass is 32.2. The van der Waals surface area contributed by atoms with Crippen LogP contribution in [0.4, 0.5) is 22.0 Å². The lowest BCUT2D eigenvalue weighted by molar-refractivity contribution is -0.777. The normalized spacial score (nSPS) is 13.6. The van der Waals surface area contributed by atoms with Crippen LogP contribution < -0.4 is 5.26 Å². The minimum absolute atomic E-state index is 1.41. The summed E-state index contributed by atoms with van der Waals surface area (Å²) < 4.78 is 59.5. The van der Waals surface area contributed by atoms with E-state index in [2.05, 4.69) is 9.37 Å². The van der Waals surface area contributed by atoms with E-state index in [1.54, 1.807) is 0 Å². The van der Waals surface area contributed by atoms with Crippen LogP contribution in [0.5, 0.6) is 0 Å². The number of hydrogen-bond acceptors (Lipinski definition) is 4. The minimum Gasteiger partial charge on any atom is -0.691 e. The van der Waals surface area contributed by atoms with Crippen LogP contribution in [0, 0.1) is 0 Å². The van der Waals surface area contributed by atoms with E-state index < -0.39 is 23.5 Å². The lowest BCUT2D eigenvalue weighted by Crippen LogP contribution is -2.33. The molecule has 68 valence electrons. The zero-order valence-corrected chi connectivity index (χ0v) is 5.34. The second-order valence-corrected chi connectivity index (χ2v) is 2.05. The van der Waals surface area contributed by atoms with Gasteiger partial charge in [-0.05, 0) is 0 Å². The summed E-state index contributed by atoms with van der Waals surface area (Å²) in [4.78, 5) is 0. The highest BCUT2D eigenvalue weighted by molar-refractivity contribution is 7.95. The van der Waals surface area contributed by atoms with Crippen LogP contribution in [0.15, 0.2) is 0 Å². The van der Waals surface area contributed by atoms with Gasteiger partial charge in [-0.15, -0.1) is 0 Å². The second-order valence-electron chi connectivity index (χ2n) is 1.23. The van der Waals surface area contributed by atoms with E-state index in [1.165, 1.54) is 0 Å². The molecule has 9 heteroatoms. The molecule has 0 aromatic heterocycles. The summed E-state index contributed by atoms with van der Waals surface area (Å²) in [5.74, 6) is 0. The van der Waals surface area contributed by atoms with E-state index in [0.29, 0.717) is 0 Å². The predicted molar refractivity (Wildman–Crippen MR) is 20.8 cm³/mol. The maximum absolute atomic E-state index is 11.6. The standard InChI is InChI=1S/C2HF5O3S/c3-1(4,5)2(6,7)11-10-9-8/h8H/p-1.